The van der Waals surface area contributed by atoms with Gasteiger partial charge in [0.25, 0.3) is 10.0 Å². The highest BCUT2D eigenvalue weighted by atomic mass is 32.2. The highest BCUT2D eigenvalue weighted by Crippen LogP contribution is 2.43. The Morgan fingerprint density at radius 2 is 1.55 bits per heavy atom. The molecule has 0 aliphatic heterocycles. The minimum atomic E-state index is -3.96. The smallest absolute Gasteiger partial charge is 0.324 e. The molecule has 0 fully saturated rings. The summed E-state index contributed by atoms with van der Waals surface area (Å²) in [6, 6.07) is 12.7. The van der Waals surface area contributed by atoms with Gasteiger partial charge in [-0.25, -0.2) is 0 Å². The monoisotopic (exact) mass is 463 g/mol. The molecule has 0 aliphatic rings. The van der Waals surface area contributed by atoms with Crippen molar-refractivity contribution in [3.8, 4) is 22.5 Å². The van der Waals surface area contributed by atoms with E-state index in [4.69, 9.17) is 4.42 Å². The van der Waals surface area contributed by atoms with Crippen molar-refractivity contribution < 1.29 is 17.8 Å². The van der Waals surface area contributed by atoms with E-state index >= 15 is 0 Å². The van der Waals surface area contributed by atoms with E-state index < -0.39 is 14.9 Å². The van der Waals surface area contributed by atoms with Crippen molar-refractivity contribution in [1.29, 1.82) is 0 Å². The third-order valence-electron chi connectivity index (χ3n) is 4.69. The third kappa shape index (κ3) is 4.62. The molecule has 0 saturated heterocycles. The van der Waals surface area contributed by atoms with Crippen LogP contribution in [0.3, 0.4) is 0 Å². The Bertz CT molecular complexity index is 1420. The number of benzene rings is 1. The van der Waals surface area contributed by atoms with Crippen molar-refractivity contribution in [2.45, 2.75) is 11.8 Å². The van der Waals surface area contributed by atoms with Crippen LogP contribution in [-0.2, 0) is 10.0 Å². The predicted octanol–water partition coefficient (Wildman–Crippen LogP) is 3.93. The maximum Gasteiger partial charge on any atom is 0.324 e. The second kappa shape index (κ2) is 9.01. The molecule has 0 amide bonds. The fourth-order valence-corrected chi connectivity index (χ4v) is 3.92. The molecule has 0 unspecified atom stereocenters. The van der Waals surface area contributed by atoms with E-state index in [0.717, 1.165) is 11.8 Å². The topological polar surface area (TPSA) is 141 Å². The van der Waals surface area contributed by atoms with Crippen molar-refractivity contribution in [1.82, 2.24) is 14.8 Å². The molecule has 10 nitrogen and oxygen atoms in total. The Morgan fingerprint density at radius 1 is 0.970 bits per heavy atom. The Labute approximate surface area is 188 Å². The van der Waals surface area contributed by atoms with E-state index in [2.05, 4.69) is 19.9 Å². The first-order valence-electron chi connectivity index (χ1n) is 9.60. The maximum atomic E-state index is 12.5. The summed E-state index contributed by atoms with van der Waals surface area (Å²) in [4.78, 5) is 21.4. The number of hydrogen-bond acceptors (Lipinski definition) is 8. The lowest BCUT2D eigenvalue weighted by Crippen LogP contribution is -2.18. The molecule has 1 N–H and O–H groups in total. The average Bonchev–Trinajstić information content (AvgIpc) is 3.20. The average molecular weight is 463 g/mol. The molecule has 4 rings (SSSR count). The zero-order valence-electron chi connectivity index (χ0n) is 17.2. The minimum Gasteiger partial charge on any atom is -0.447 e. The van der Waals surface area contributed by atoms with Gasteiger partial charge in [0, 0.05) is 30.4 Å². The van der Waals surface area contributed by atoms with E-state index in [1.807, 2.05) is 6.92 Å². The van der Waals surface area contributed by atoms with E-state index in [-0.39, 0.29) is 27.7 Å². The second-order valence-corrected chi connectivity index (χ2v) is 8.57. The molecule has 0 atom stereocenters. The lowest BCUT2D eigenvalue weighted by molar-refractivity contribution is -0.384. The molecule has 0 saturated carbocycles. The van der Waals surface area contributed by atoms with Gasteiger partial charge >= 0.3 is 5.69 Å². The van der Waals surface area contributed by atoms with Crippen LogP contribution in [0.2, 0.25) is 0 Å². The number of sulfonamides is 1. The number of aryl methyl sites for hydroxylation is 1. The van der Waals surface area contributed by atoms with Gasteiger partial charge in [-0.3, -0.25) is 20.1 Å². The molecule has 166 valence electrons. The Balaban J connectivity index is 1.78. The van der Waals surface area contributed by atoms with Crippen LogP contribution in [0, 0.1) is 17.0 Å². The summed E-state index contributed by atoms with van der Waals surface area (Å²) in [6.45, 7) is 1.83. The summed E-state index contributed by atoms with van der Waals surface area (Å²) in [6.07, 6.45) is 7.05. The van der Waals surface area contributed by atoms with Crippen LogP contribution in [0.4, 0.5) is 5.69 Å². The van der Waals surface area contributed by atoms with E-state index in [1.165, 1.54) is 36.9 Å². The zero-order valence-corrected chi connectivity index (χ0v) is 18.1. The van der Waals surface area contributed by atoms with Crippen molar-refractivity contribution in [3.05, 3.63) is 94.8 Å². The highest BCUT2D eigenvalue weighted by molar-refractivity contribution is 7.89. The van der Waals surface area contributed by atoms with Gasteiger partial charge < -0.3 is 4.42 Å². The first-order valence-corrected chi connectivity index (χ1v) is 11.1. The van der Waals surface area contributed by atoms with Gasteiger partial charge in [0.2, 0.25) is 5.76 Å². The summed E-state index contributed by atoms with van der Waals surface area (Å²) in [5, 5.41) is 15.7. The summed E-state index contributed by atoms with van der Waals surface area (Å²) >= 11 is 0. The third-order valence-corrected chi connectivity index (χ3v) is 5.93. The number of furan rings is 1. The minimum absolute atomic E-state index is 0.00847. The number of nitrogens with one attached hydrogen (secondary N) is 1. The van der Waals surface area contributed by atoms with E-state index in [0.29, 0.717) is 11.1 Å². The molecular weight excluding hydrogens is 446 g/mol. The van der Waals surface area contributed by atoms with Gasteiger partial charge in [0.1, 0.15) is 11.3 Å². The fraction of sp³-hybridized carbons (Fsp3) is 0.0455. The Morgan fingerprint density at radius 3 is 2.12 bits per heavy atom. The number of aromatic nitrogens is 2. The van der Waals surface area contributed by atoms with E-state index in [9.17, 15) is 18.5 Å². The molecule has 0 radical (unpaired) electrons. The first-order chi connectivity index (χ1) is 15.9. The summed E-state index contributed by atoms with van der Waals surface area (Å²) in [5.41, 5.74) is 1.82. The van der Waals surface area contributed by atoms with Crippen LogP contribution in [0.15, 0.2) is 87.7 Å². The first kappa shape index (κ1) is 21.8. The quantitative estimate of drug-likeness (QED) is 0.249. The lowest BCUT2D eigenvalue weighted by Gasteiger charge is -2.03. The molecule has 0 spiro atoms. The largest absolute Gasteiger partial charge is 0.447 e. The van der Waals surface area contributed by atoms with Gasteiger partial charge in [-0.15, -0.1) is 0 Å². The Kier molecular flexibility index (Phi) is 5.96. The van der Waals surface area contributed by atoms with Crippen LogP contribution in [0.5, 0.6) is 0 Å². The maximum absolute atomic E-state index is 12.5. The van der Waals surface area contributed by atoms with Crippen LogP contribution < -0.4 is 4.83 Å². The molecule has 0 bridgehead atoms. The number of hydrazone groups is 1. The standard InChI is InChI=1S/C22H17N5O5S/c1-15-2-4-18(5-3-15)33(30,31)26-25-14-19-21(27(28)29)20(16-6-10-23-11-7-16)22(32-19)17-8-12-24-13-9-17/h2-14,26H,1H3/b25-14-. The van der Waals surface area contributed by atoms with Gasteiger partial charge in [-0.05, 0) is 48.9 Å². The normalized spacial score (nSPS) is 11.5. The second-order valence-electron chi connectivity index (χ2n) is 6.91. The number of hydrogen-bond donors (Lipinski definition) is 1. The number of pyridine rings is 2. The van der Waals surface area contributed by atoms with E-state index in [1.54, 1.807) is 36.4 Å². The summed E-state index contributed by atoms with van der Waals surface area (Å²) in [5.74, 6) is 0.00312. The van der Waals surface area contributed by atoms with Gasteiger partial charge in [-0.1, -0.05) is 17.7 Å². The molecule has 4 aromatic rings. The lowest BCUT2D eigenvalue weighted by atomic mass is 10.0. The fourth-order valence-electron chi connectivity index (χ4n) is 3.13. The molecule has 0 aliphatic carbocycles. The molecule has 11 heteroatoms. The van der Waals surface area contributed by atoms with Crippen LogP contribution in [0.1, 0.15) is 11.3 Å². The van der Waals surface area contributed by atoms with Gasteiger partial charge in [-0.2, -0.15) is 18.4 Å². The van der Waals surface area contributed by atoms with Crippen molar-refractivity contribution in [2.24, 2.45) is 5.10 Å². The van der Waals surface area contributed by atoms with Crippen molar-refractivity contribution in [3.63, 3.8) is 0 Å². The molecular formula is C22H17N5O5S. The predicted molar refractivity (Wildman–Crippen MR) is 121 cm³/mol. The number of nitro groups is 1. The zero-order chi connectivity index (χ0) is 23.4. The highest BCUT2D eigenvalue weighted by Gasteiger charge is 2.31. The molecule has 33 heavy (non-hydrogen) atoms. The Hall–Kier alpha value is -4.38. The van der Waals surface area contributed by atoms with Crippen LogP contribution >= 0.6 is 0 Å². The van der Waals surface area contributed by atoms with Gasteiger partial charge in [0.05, 0.1) is 16.0 Å². The molecule has 3 heterocycles. The summed E-state index contributed by atoms with van der Waals surface area (Å²) < 4.78 is 30.7. The van der Waals surface area contributed by atoms with Gasteiger partial charge in [0.15, 0.2) is 0 Å². The molecule has 1 aromatic carbocycles. The molecule has 3 aromatic heterocycles. The van der Waals surface area contributed by atoms with Crippen molar-refractivity contribution in [2.75, 3.05) is 0 Å². The SMILES string of the molecule is Cc1ccc(S(=O)(=O)N/N=C\c2oc(-c3ccncc3)c(-c3ccncc3)c2[N+](=O)[O-])cc1. The van der Waals surface area contributed by atoms with Crippen molar-refractivity contribution >= 4 is 21.9 Å². The van der Waals surface area contributed by atoms with Crippen LogP contribution in [0.25, 0.3) is 22.5 Å². The summed E-state index contributed by atoms with van der Waals surface area (Å²) in [7, 11) is -3.96. The number of nitrogens with zero attached hydrogens (tertiary/aromatic N) is 4. The van der Waals surface area contributed by atoms with Crippen LogP contribution in [-0.4, -0.2) is 29.5 Å². The number of rotatable bonds is 7.